The molecule has 2 heteroatoms. The van der Waals surface area contributed by atoms with Crippen LogP contribution in [0.2, 0.25) is 0 Å². The van der Waals surface area contributed by atoms with Crippen LogP contribution in [-0.4, -0.2) is 5.11 Å². The van der Waals surface area contributed by atoms with Crippen LogP contribution < -0.4 is 4.57 Å². The normalized spacial score (nSPS) is 11.7. The van der Waals surface area contributed by atoms with Crippen LogP contribution in [0.5, 0.6) is 5.75 Å². The highest BCUT2D eigenvalue weighted by atomic mass is 16.3. The molecular formula is C16H22NO+. The predicted molar refractivity (Wildman–Crippen MR) is 75.0 cm³/mol. The van der Waals surface area contributed by atoms with Gasteiger partial charge in [-0.3, -0.25) is 0 Å². The molecule has 18 heavy (non-hydrogen) atoms. The fraction of sp³-hybridized carbons (Fsp3) is 0.438. The number of fused-ring (bicyclic) bond motifs is 1. The highest BCUT2D eigenvalue weighted by Gasteiger charge is 2.18. The van der Waals surface area contributed by atoms with Gasteiger partial charge in [0.05, 0.1) is 5.39 Å². The quantitative estimate of drug-likeness (QED) is 0.797. The summed E-state index contributed by atoms with van der Waals surface area (Å²) in [6.07, 6.45) is 2.20. The first-order chi connectivity index (χ1) is 8.41. The van der Waals surface area contributed by atoms with Crippen LogP contribution in [0.25, 0.3) is 10.9 Å². The minimum Gasteiger partial charge on any atom is -0.507 e. The molecule has 0 saturated heterocycles. The Kier molecular flexibility index (Phi) is 3.29. The molecule has 1 heterocycles. The molecule has 0 aliphatic carbocycles. The molecule has 0 radical (unpaired) electrons. The van der Waals surface area contributed by atoms with Gasteiger partial charge in [0, 0.05) is 11.6 Å². The second-order valence-corrected chi connectivity index (χ2v) is 5.59. The number of hydrogen-bond acceptors (Lipinski definition) is 1. The van der Waals surface area contributed by atoms with Crippen LogP contribution in [0.1, 0.15) is 50.8 Å². The van der Waals surface area contributed by atoms with Gasteiger partial charge in [-0.05, 0) is 44.4 Å². The Bertz CT molecular complexity index is 585. The number of phenolic OH excluding ortho intramolecular Hbond substituents is 1. The maximum Gasteiger partial charge on any atom is 0.216 e. The average molecular weight is 244 g/mol. The minimum atomic E-state index is 0.383. The first-order valence-electron chi connectivity index (χ1n) is 6.59. The molecule has 0 bridgehead atoms. The third-order valence-corrected chi connectivity index (χ3v) is 3.50. The SMILES string of the molecule is Cc1ccc2c(cc(C(C)C)c[n+]2C(C)C)c1O. The molecule has 0 spiro atoms. The Morgan fingerprint density at radius 2 is 1.78 bits per heavy atom. The van der Waals surface area contributed by atoms with E-state index in [0.717, 1.165) is 16.5 Å². The Morgan fingerprint density at radius 1 is 1.11 bits per heavy atom. The van der Waals surface area contributed by atoms with E-state index in [9.17, 15) is 5.11 Å². The van der Waals surface area contributed by atoms with E-state index in [2.05, 4.69) is 50.6 Å². The van der Waals surface area contributed by atoms with Crippen molar-refractivity contribution < 1.29 is 9.67 Å². The van der Waals surface area contributed by atoms with E-state index < -0.39 is 0 Å². The molecule has 1 N–H and O–H groups in total. The van der Waals surface area contributed by atoms with E-state index in [1.807, 2.05) is 13.0 Å². The van der Waals surface area contributed by atoms with Crippen LogP contribution in [0, 0.1) is 6.92 Å². The molecule has 0 aliphatic heterocycles. The number of nitrogens with zero attached hydrogens (tertiary/aromatic N) is 1. The average Bonchev–Trinajstić information content (AvgIpc) is 2.32. The second-order valence-electron chi connectivity index (χ2n) is 5.59. The minimum absolute atomic E-state index is 0.383. The lowest BCUT2D eigenvalue weighted by Crippen LogP contribution is -2.37. The van der Waals surface area contributed by atoms with E-state index in [4.69, 9.17) is 0 Å². The highest BCUT2D eigenvalue weighted by molar-refractivity contribution is 5.84. The van der Waals surface area contributed by atoms with Crippen LogP contribution >= 0.6 is 0 Å². The van der Waals surface area contributed by atoms with Crippen molar-refractivity contribution >= 4 is 10.9 Å². The summed E-state index contributed by atoms with van der Waals surface area (Å²) in [6.45, 7) is 10.6. The molecular weight excluding hydrogens is 222 g/mol. The third kappa shape index (κ3) is 2.07. The van der Waals surface area contributed by atoms with Crippen molar-refractivity contribution in [3.63, 3.8) is 0 Å². The lowest BCUT2D eigenvalue weighted by Gasteiger charge is -2.11. The number of pyridine rings is 1. The van der Waals surface area contributed by atoms with Gasteiger partial charge in [0.25, 0.3) is 0 Å². The monoisotopic (exact) mass is 244 g/mol. The number of hydrogen-bond donors (Lipinski definition) is 1. The number of phenols is 1. The van der Waals surface area contributed by atoms with E-state index in [-0.39, 0.29) is 0 Å². The summed E-state index contributed by atoms with van der Waals surface area (Å²) >= 11 is 0. The highest BCUT2D eigenvalue weighted by Crippen LogP contribution is 2.29. The van der Waals surface area contributed by atoms with Crippen LogP contribution in [0.3, 0.4) is 0 Å². The molecule has 2 nitrogen and oxygen atoms in total. The summed E-state index contributed by atoms with van der Waals surface area (Å²) in [6, 6.07) is 6.56. The van der Waals surface area contributed by atoms with Gasteiger partial charge in [0.1, 0.15) is 5.75 Å². The largest absolute Gasteiger partial charge is 0.507 e. The van der Waals surface area contributed by atoms with Crippen LogP contribution in [0.4, 0.5) is 0 Å². The predicted octanol–water partition coefficient (Wildman–Crippen LogP) is 3.85. The molecule has 1 aromatic heterocycles. The van der Waals surface area contributed by atoms with Crippen molar-refractivity contribution in [1.82, 2.24) is 0 Å². The van der Waals surface area contributed by atoms with Gasteiger partial charge in [-0.15, -0.1) is 0 Å². The zero-order chi connectivity index (χ0) is 13.4. The smallest absolute Gasteiger partial charge is 0.216 e. The standard InChI is InChI=1S/C16H21NO/c1-10(2)13-8-14-15(17(9-13)11(3)4)7-6-12(5)16(14)18/h6-11H,1-5H3/p+1. The number of rotatable bonds is 2. The van der Waals surface area contributed by atoms with E-state index in [1.54, 1.807) is 0 Å². The molecule has 2 rings (SSSR count). The van der Waals surface area contributed by atoms with Crippen molar-refractivity contribution in [2.75, 3.05) is 0 Å². The fourth-order valence-electron chi connectivity index (χ4n) is 2.25. The lowest BCUT2D eigenvalue weighted by atomic mass is 10.0. The second kappa shape index (κ2) is 4.60. The Morgan fingerprint density at radius 3 is 2.33 bits per heavy atom. The van der Waals surface area contributed by atoms with Gasteiger partial charge in [-0.1, -0.05) is 13.8 Å². The maximum atomic E-state index is 10.3. The van der Waals surface area contributed by atoms with Crippen molar-refractivity contribution in [3.05, 3.63) is 35.5 Å². The summed E-state index contributed by atoms with van der Waals surface area (Å²) in [5, 5.41) is 11.2. The molecule has 0 atom stereocenters. The van der Waals surface area contributed by atoms with Crippen molar-refractivity contribution in [3.8, 4) is 5.75 Å². The Hall–Kier alpha value is -1.57. The molecule has 0 amide bonds. The van der Waals surface area contributed by atoms with Crippen molar-refractivity contribution in [2.45, 2.75) is 46.6 Å². The van der Waals surface area contributed by atoms with Crippen LogP contribution in [0.15, 0.2) is 24.4 Å². The van der Waals surface area contributed by atoms with E-state index >= 15 is 0 Å². The van der Waals surface area contributed by atoms with Gasteiger partial charge in [0.15, 0.2) is 12.2 Å². The molecule has 0 aliphatic rings. The Labute approximate surface area is 109 Å². The van der Waals surface area contributed by atoms with Crippen LogP contribution in [-0.2, 0) is 0 Å². The topological polar surface area (TPSA) is 24.1 Å². The van der Waals surface area contributed by atoms with Gasteiger partial charge in [-0.25, -0.2) is 0 Å². The van der Waals surface area contributed by atoms with Gasteiger partial charge in [-0.2, -0.15) is 4.57 Å². The molecule has 0 saturated carbocycles. The van der Waals surface area contributed by atoms with E-state index in [0.29, 0.717) is 17.7 Å². The first-order valence-corrected chi connectivity index (χ1v) is 6.59. The van der Waals surface area contributed by atoms with Gasteiger partial charge >= 0.3 is 0 Å². The first kappa shape index (κ1) is 12.9. The molecule has 2 aromatic rings. The maximum absolute atomic E-state index is 10.3. The van der Waals surface area contributed by atoms with Gasteiger partial charge < -0.3 is 5.11 Å². The van der Waals surface area contributed by atoms with Gasteiger partial charge in [0.2, 0.25) is 5.52 Å². The number of benzene rings is 1. The Balaban J connectivity index is 2.85. The molecule has 1 aromatic carbocycles. The lowest BCUT2D eigenvalue weighted by molar-refractivity contribution is -0.691. The zero-order valence-electron chi connectivity index (χ0n) is 11.9. The van der Waals surface area contributed by atoms with E-state index in [1.165, 1.54) is 5.56 Å². The number of aryl methyl sites for hydroxylation is 1. The molecule has 0 unspecified atom stereocenters. The third-order valence-electron chi connectivity index (χ3n) is 3.50. The number of aromatic hydroxyl groups is 1. The number of aromatic nitrogens is 1. The summed E-state index contributed by atoms with van der Waals surface area (Å²) < 4.78 is 2.24. The summed E-state index contributed by atoms with van der Waals surface area (Å²) in [4.78, 5) is 0. The van der Waals surface area contributed by atoms with Crippen molar-refractivity contribution in [1.29, 1.82) is 0 Å². The summed E-state index contributed by atoms with van der Waals surface area (Å²) in [5.74, 6) is 0.865. The molecule has 0 fully saturated rings. The fourth-order valence-corrected chi connectivity index (χ4v) is 2.25. The molecule has 96 valence electrons. The summed E-state index contributed by atoms with van der Waals surface area (Å²) in [7, 11) is 0. The summed E-state index contributed by atoms with van der Waals surface area (Å²) in [5.41, 5.74) is 3.29. The van der Waals surface area contributed by atoms with Crippen molar-refractivity contribution in [2.24, 2.45) is 0 Å². The zero-order valence-corrected chi connectivity index (χ0v) is 11.9.